The fourth-order valence-corrected chi connectivity index (χ4v) is 2.00. The highest BCUT2D eigenvalue weighted by Gasteiger charge is 2.21. The molecule has 0 bridgehead atoms. The van der Waals surface area contributed by atoms with E-state index in [-0.39, 0.29) is 5.84 Å². The van der Waals surface area contributed by atoms with Crippen molar-refractivity contribution in [3.8, 4) is 0 Å². The average molecular weight is 234 g/mol. The maximum absolute atomic E-state index is 7.49. The summed E-state index contributed by atoms with van der Waals surface area (Å²) in [7, 11) is 2.00. The standard InChI is InChI=1S/C12H18N4O/c1-8-5-9(12(13)14)6-11(15-8)16(2)10-3-4-17-7-10/h5-6,10H,3-4,7H2,1-2H3,(H3,13,14). The lowest BCUT2D eigenvalue weighted by Gasteiger charge is -2.25. The fourth-order valence-electron chi connectivity index (χ4n) is 2.00. The fraction of sp³-hybridized carbons (Fsp3) is 0.500. The Bertz CT molecular complexity index is 427. The summed E-state index contributed by atoms with van der Waals surface area (Å²) < 4.78 is 5.37. The SMILES string of the molecule is Cc1cc(C(=N)N)cc(N(C)C2CCOC2)n1. The zero-order chi connectivity index (χ0) is 12.4. The van der Waals surface area contributed by atoms with Crippen LogP contribution in [0.5, 0.6) is 0 Å². The van der Waals surface area contributed by atoms with Gasteiger partial charge in [-0.2, -0.15) is 0 Å². The molecular formula is C12H18N4O. The molecule has 0 amide bonds. The molecule has 0 radical (unpaired) electrons. The van der Waals surface area contributed by atoms with Gasteiger partial charge < -0.3 is 15.4 Å². The second kappa shape index (κ2) is 4.71. The number of hydrogen-bond acceptors (Lipinski definition) is 4. The smallest absolute Gasteiger partial charge is 0.129 e. The van der Waals surface area contributed by atoms with Crippen LogP contribution in [0, 0.1) is 12.3 Å². The first kappa shape index (κ1) is 11.9. The zero-order valence-electron chi connectivity index (χ0n) is 10.2. The number of pyridine rings is 1. The number of hydrogen-bond donors (Lipinski definition) is 2. The molecule has 1 aromatic heterocycles. The Balaban J connectivity index is 2.27. The third-order valence-electron chi connectivity index (χ3n) is 3.07. The number of likely N-dealkylation sites (N-methyl/N-ethyl adjacent to an activating group) is 1. The Hall–Kier alpha value is -1.62. The van der Waals surface area contributed by atoms with Crippen LogP contribution in [0.2, 0.25) is 0 Å². The number of ether oxygens (including phenoxy) is 1. The van der Waals surface area contributed by atoms with Gasteiger partial charge in [-0.3, -0.25) is 5.41 Å². The predicted octanol–water partition coefficient (Wildman–Crippen LogP) is 0.899. The van der Waals surface area contributed by atoms with Crippen molar-refractivity contribution in [2.75, 3.05) is 25.2 Å². The summed E-state index contributed by atoms with van der Waals surface area (Å²) in [5.74, 6) is 0.929. The van der Waals surface area contributed by atoms with Crippen molar-refractivity contribution in [1.29, 1.82) is 5.41 Å². The Morgan fingerprint density at radius 2 is 2.35 bits per heavy atom. The summed E-state index contributed by atoms with van der Waals surface area (Å²) in [6.07, 6.45) is 1.02. The van der Waals surface area contributed by atoms with Gasteiger partial charge in [-0.15, -0.1) is 0 Å². The van der Waals surface area contributed by atoms with Gasteiger partial charge in [0.2, 0.25) is 0 Å². The van der Waals surface area contributed by atoms with E-state index in [2.05, 4.69) is 9.88 Å². The lowest BCUT2D eigenvalue weighted by Crippen LogP contribution is -2.32. The van der Waals surface area contributed by atoms with Gasteiger partial charge >= 0.3 is 0 Å². The van der Waals surface area contributed by atoms with E-state index in [0.29, 0.717) is 6.04 Å². The third-order valence-corrected chi connectivity index (χ3v) is 3.07. The molecule has 2 heterocycles. The van der Waals surface area contributed by atoms with E-state index in [1.165, 1.54) is 0 Å². The van der Waals surface area contributed by atoms with E-state index in [0.717, 1.165) is 36.7 Å². The Morgan fingerprint density at radius 1 is 1.59 bits per heavy atom. The minimum absolute atomic E-state index is 0.0767. The van der Waals surface area contributed by atoms with E-state index in [1.54, 1.807) is 0 Å². The average Bonchev–Trinajstić information content (AvgIpc) is 2.80. The van der Waals surface area contributed by atoms with Gasteiger partial charge in [-0.25, -0.2) is 4.98 Å². The highest BCUT2D eigenvalue weighted by atomic mass is 16.5. The maximum Gasteiger partial charge on any atom is 0.129 e. The molecule has 0 aliphatic carbocycles. The molecule has 1 saturated heterocycles. The maximum atomic E-state index is 7.49. The van der Waals surface area contributed by atoms with Crippen LogP contribution in [-0.4, -0.2) is 37.1 Å². The van der Waals surface area contributed by atoms with Crippen LogP contribution in [0.25, 0.3) is 0 Å². The Kier molecular flexibility index (Phi) is 3.28. The van der Waals surface area contributed by atoms with Crippen LogP contribution >= 0.6 is 0 Å². The van der Waals surface area contributed by atoms with Crippen molar-refractivity contribution in [3.63, 3.8) is 0 Å². The Labute approximate surface area is 101 Å². The second-order valence-electron chi connectivity index (χ2n) is 4.40. The summed E-state index contributed by atoms with van der Waals surface area (Å²) in [4.78, 5) is 6.58. The molecule has 2 rings (SSSR count). The Morgan fingerprint density at radius 3 is 2.94 bits per heavy atom. The van der Waals surface area contributed by atoms with Crippen LogP contribution in [-0.2, 0) is 4.74 Å². The van der Waals surface area contributed by atoms with E-state index in [1.807, 2.05) is 26.1 Å². The molecule has 3 N–H and O–H groups in total. The van der Waals surface area contributed by atoms with Crippen molar-refractivity contribution in [1.82, 2.24) is 4.98 Å². The number of nitrogens with one attached hydrogen (secondary N) is 1. The number of nitrogen functional groups attached to an aromatic ring is 1. The van der Waals surface area contributed by atoms with Gasteiger partial charge in [-0.1, -0.05) is 0 Å². The van der Waals surface area contributed by atoms with E-state index in [4.69, 9.17) is 15.9 Å². The van der Waals surface area contributed by atoms with Gasteiger partial charge in [0.25, 0.3) is 0 Å². The molecular weight excluding hydrogens is 216 g/mol. The molecule has 1 fully saturated rings. The first-order chi connectivity index (χ1) is 8.08. The number of nitrogens with two attached hydrogens (primary N) is 1. The van der Waals surface area contributed by atoms with Crippen molar-refractivity contribution < 1.29 is 4.74 Å². The van der Waals surface area contributed by atoms with Crippen molar-refractivity contribution in [2.45, 2.75) is 19.4 Å². The summed E-state index contributed by atoms with van der Waals surface area (Å²) in [5.41, 5.74) is 7.11. The lowest BCUT2D eigenvalue weighted by molar-refractivity contribution is 0.193. The number of nitrogens with zero attached hydrogens (tertiary/aromatic N) is 2. The molecule has 1 aliphatic heterocycles. The minimum atomic E-state index is 0.0767. The first-order valence-corrected chi connectivity index (χ1v) is 5.71. The van der Waals surface area contributed by atoms with Gasteiger partial charge in [-0.05, 0) is 25.5 Å². The molecule has 5 nitrogen and oxygen atoms in total. The molecule has 1 unspecified atom stereocenters. The quantitative estimate of drug-likeness (QED) is 0.602. The number of amidine groups is 1. The summed E-state index contributed by atoms with van der Waals surface area (Å²) in [5, 5.41) is 7.49. The molecule has 0 aromatic carbocycles. The molecule has 0 spiro atoms. The van der Waals surface area contributed by atoms with Crippen LogP contribution in [0.4, 0.5) is 5.82 Å². The van der Waals surface area contributed by atoms with Gasteiger partial charge in [0, 0.05) is 24.9 Å². The zero-order valence-corrected chi connectivity index (χ0v) is 10.2. The highest BCUT2D eigenvalue weighted by molar-refractivity contribution is 5.95. The van der Waals surface area contributed by atoms with Crippen molar-refractivity contribution >= 4 is 11.7 Å². The number of anilines is 1. The molecule has 0 saturated carbocycles. The topological polar surface area (TPSA) is 75.2 Å². The molecule has 17 heavy (non-hydrogen) atoms. The normalized spacial score (nSPS) is 19.3. The third kappa shape index (κ3) is 2.55. The van der Waals surface area contributed by atoms with E-state index >= 15 is 0 Å². The molecule has 1 aromatic rings. The van der Waals surface area contributed by atoms with Gasteiger partial charge in [0.05, 0.1) is 12.6 Å². The van der Waals surface area contributed by atoms with Crippen LogP contribution < -0.4 is 10.6 Å². The van der Waals surface area contributed by atoms with Crippen LogP contribution in [0.15, 0.2) is 12.1 Å². The predicted molar refractivity (Wildman–Crippen MR) is 67.6 cm³/mol. The van der Waals surface area contributed by atoms with E-state index < -0.39 is 0 Å². The molecule has 92 valence electrons. The van der Waals surface area contributed by atoms with E-state index in [9.17, 15) is 0 Å². The number of aryl methyl sites for hydroxylation is 1. The minimum Gasteiger partial charge on any atom is -0.384 e. The van der Waals surface area contributed by atoms with Crippen LogP contribution in [0.3, 0.4) is 0 Å². The monoisotopic (exact) mass is 234 g/mol. The summed E-state index contributed by atoms with van der Waals surface area (Å²) in [6.45, 7) is 3.46. The second-order valence-corrected chi connectivity index (χ2v) is 4.40. The van der Waals surface area contributed by atoms with Crippen molar-refractivity contribution in [2.24, 2.45) is 5.73 Å². The number of aromatic nitrogens is 1. The highest BCUT2D eigenvalue weighted by Crippen LogP contribution is 2.19. The summed E-state index contributed by atoms with van der Waals surface area (Å²) >= 11 is 0. The summed E-state index contributed by atoms with van der Waals surface area (Å²) in [6, 6.07) is 4.04. The van der Waals surface area contributed by atoms with Gasteiger partial charge in [0.1, 0.15) is 11.7 Å². The molecule has 1 aliphatic rings. The van der Waals surface area contributed by atoms with Crippen LogP contribution in [0.1, 0.15) is 17.7 Å². The molecule has 5 heteroatoms. The van der Waals surface area contributed by atoms with Crippen molar-refractivity contribution in [3.05, 3.63) is 23.4 Å². The first-order valence-electron chi connectivity index (χ1n) is 5.71. The number of rotatable bonds is 3. The molecule has 1 atom stereocenters. The lowest BCUT2D eigenvalue weighted by atomic mass is 10.2. The van der Waals surface area contributed by atoms with Gasteiger partial charge in [0.15, 0.2) is 0 Å². The largest absolute Gasteiger partial charge is 0.384 e.